The quantitative estimate of drug-likeness (QED) is 0.596. The molecule has 2 amide bonds. The highest BCUT2D eigenvalue weighted by molar-refractivity contribution is 7.99. The van der Waals surface area contributed by atoms with E-state index in [0.29, 0.717) is 11.8 Å². The van der Waals surface area contributed by atoms with E-state index in [0.717, 1.165) is 6.42 Å². The summed E-state index contributed by atoms with van der Waals surface area (Å²) in [5.74, 6) is -0.388. The Morgan fingerprint density at radius 2 is 1.83 bits per heavy atom. The van der Waals surface area contributed by atoms with Crippen LogP contribution in [0.5, 0.6) is 0 Å². The largest absolute Gasteiger partial charge is 0.355 e. The standard InChI is InChI=1S/C12H25N3O2S/c1-8(2)11(13)12(17)15-7-10(16)14-6-5-9(3)18-4/h8-9,11H,5-7,13H2,1-4H3,(H,14,16)(H,15,17)/t9?,11-/m0/s1. The minimum absolute atomic E-state index is 0.00704. The van der Waals surface area contributed by atoms with Gasteiger partial charge in [0.2, 0.25) is 11.8 Å². The summed E-state index contributed by atoms with van der Waals surface area (Å²) in [6.45, 7) is 6.47. The second kappa shape index (κ2) is 9.22. The van der Waals surface area contributed by atoms with Crippen LogP contribution in [0.2, 0.25) is 0 Å². The lowest BCUT2D eigenvalue weighted by Crippen LogP contribution is -2.47. The molecule has 0 spiro atoms. The first kappa shape index (κ1) is 17.2. The van der Waals surface area contributed by atoms with Crippen molar-refractivity contribution in [2.75, 3.05) is 19.3 Å². The minimum Gasteiger partial charge on any atom is -0.355 e. The maximum Gasteiger partial charge on any atom is 0.239 e. The second-order valence-corrected chi connectivity index (χ2v) is 5.95. The number of hydrogen-bond acceptors (Lipinski definition) is 4. The number of rotatable bonds is 8. The summed E-state index contributed by atoms with van der Waals surface area (Å²) in [7, 11) is 0. The van der Waals surface area contributed by atoms with Gasteiger partial charge >= 0.3 is 0 Å². The molecule has 0 aromatic carbocycles. The van der Waals surface area contributed by atoms with Crippen LogP contribution in [0, 0.1) is 5.92 Å². The molecule has 0 radical (unpaired) electrons. The van der Waals surface area contributed by atoms with Crippen LogP contribution < -0.4 is 16.4 Å². The van der Waals surface area contributed by atoms with E-state index in [1.807, 2.05) is 20.1 Å². The monoisotopic (exact) mass is 275 g/mol. The van der Waals surface area contributed by atoms with Gasteiger partial charge in [0.1, 0.15) is 0 Å². The zero-order valence-electron chi connectivity index (χ0n) is 11.7. The molecule has 0 heterocycles. The molecular weight excluding hydrogens is 250 g/mol. The fraction of sp³-hybridized carbons (Fsp3) is 0.833. The first-order valence-corrected chi connectivity index (χ1v) is 7.50. The summed E-state index contributed by atoms with van der Waals surface area (Å²) in [5.41, 5.74) is 5.66. The molecule has 1 unspecified atom stereocenters. The smallest absolute Gasteiger partial charge is 0.239 e. The molecule has 0 aromatic rings. The van der Waals surface area contributed by atoms with Gasteiger partial charge in [0.05, 0.1) is 12.6 Å². The lowest BCUT2D eigenvalue weighted by Gasteiger charge is -2.15. The Kier molecular flexibility index (Phi) is 8.83. The van der Waals surface area contributed by atoms with E-state index >= 15 is 0 Å². The minimum atomic E-state index is -0.561. The molecule has 0 bridgehead atoms. The summed E-state index contributed by atoms with van der Waals surface area (Å²) in [6, 6.07) is -0.561. The highest BCUT2D eigenvalue weighted by atomic mass is 32.2. The molecule has 18 heavy (non-hydrogen) atoms. The van der Waals surface area contributed by atoms with Crippen LogP contribution in [0.4, 0.5) is 0 Å². The highest BCUT2D eigenvalue weighted by Gasteiger charge is 2.17. The predicted octanol–water partition coefficient (Wildman–Crippen LogP) is 0.344. The average Bonchev–Trinajstić information content (AvgIpc) is 2.34. The zero-order valence-corrected chi connectivity index (χ0v) is 12.5. The Bertz CT molecular complexity index is 272. The van der Waals surface area contributed by atoms with Crippen molar-refractivity contribution in [3.8, 4) is 0 Å². The average molecular weight is 275 g/mol. The maximum atomic E-state index is 11.5. The molecule has 0 saturated heterocycles. The van der Waals surface area contributed by atoms with E-state index in [1.165, 1.54) is 0 Å². The number of hydrogen-bond donors (Lipinski definition) is 3. The normalized spacial score (nSPS) is 14.1. The van der Waals surface area contributed by atoms with Gasteiger partial charge in [-0.1, -0.05) is 20.8 Å². The van der Waals surface area contributed by atoms with Crippen molar-refractivity contribution in [3.63, 3.8) is 0 Å². The lowest BCUT2D eigenvalue weighted by molar-refractivity contribution is -0.127. The van der Waals surface area contributed by atoms with Gasteiger partial charge in [-0.3, -0.25) is 9.59 Å². The number of amides is 2. The molecule has 0 saturated carbocycles. The summed E-state index contributed by atoms with van der Waals surface area (Å²) in [6.07, 6.45) is 2.96. The van der Waals surface area contributed by atoms with Crippen LogP contribution in [0.15, 0.2) is 0 Å². The van der Waals surface area contributed by atoms with Gasteiger partial charge in [-0.15, -0.1) is 0 Å². The van der Waals surface area contributed by atoms with Crippen molar-refractivity contribution in [3.05, 3.63) is 0 Å². The molecule has 106 valence electrons. The van der Waals surface area contributed by atoms with Crippen LogP contribution in [-0.4, -0.2) is 42.5 Å². The van der Waals surface area contributed by atoms with Gasteiger partial charge in [-0.25, -0.2) is 0 Å². The number of carbonyl (C=O) groups is 2. The molecule has 0 aromatic heterocycles. The first-order valence-electron chi connectivity index (χ1n) is 6.21. The van der Waals surface area contributed by atoms with Crippen LogP contribution in [0.1, 0.15) is 27.2 Å². The van der Waals surface area contributed by atoms with Crippen molar-refractivity contribution in [1.29, 1.82) is 0 Å². The molecule has 5 nitrogen and oxygen atoms in total. The van der Waals surface area contributed by atoms with Gasteiger partial charge in [0.15, 0.2) is 0 Å². The third-order valence-corrected chi connectivity index (χ3v) is 3.76. The topological polar surface area (TPSA) is 84.2 Å². The molecular formula is C12H25N3O2S. The number of thioether (sulfide) groups is 1. The van der Waals surface area contributed by atoms with Gasteiger partial charge < -0.3 is 16.4 Å². The Hall–Kier alpha value is -0.750. The van der Waals surface area contributed by atoms with Crippen molar-refractivity contribution in [2.24, 2.45) is 11.7 Å². The van der Waals surface area contributed by atoms with Crippen LogP contribution in [-0.2, 0) is 9.59 Å². The van der Waals surface area contributed by atoms with E-state index < -0.39 is 6.04 Å². The van der Waals surface area contributed by atoms with E-state index in [-0.39, 0.29) is 24.3 Å². The number of nitrogens with two attached hydrogens (primary N) is 1. The Morgan fingerprint density at radius 3 is 2.33 bits per heavy atom. The van der Waals surface area contributed by atoms with E-state index in [9.17, 15) is 9.59 Å². The number of carbonyl (C=O) groups excluding carboxylic acids is 2. The van der Waals surface area contributed by atoms with Crippen LogP contribution >= 0.6 is 11.8 Å². The highest BCUT2D eigenvalue weighted by Crippen LogP contribution is 2.07. The predicted molar refractivity (Wildman–Crippen MR) is 76.4 cm³/mol. The Balaban J connectivity index is 3.74. The number of nitrogens with one attached hydrogen (secondary N) is 2. The van der Waals surface area contributed by atoms with Crippen LogP contribution in [0.25, 0.3) is 0 Å². The van der Waals surface area contributed by atoms with Crippen molar-refractivity contribution < 1.29 is 9.59 Å². The Morgan fingerprint density at radius 1 is 1.22 bits per heavy atom. The Labute approximate surface area is 114 Å². The van der Waals surface area contributed by atoms with E-state index in [1.54, 1.807) is 11.8 Å². The molecule has 0 aliphatic heterocycles. The molecule has 6 heteroatoms. The lowest BCUT2D eigenvalue weighted by atomic mass is 10.1. The van der Waals surface area contributed by atoms with Gasteiger partial charge in [0.25, 0.3) is 0 Å². The molecule has 0 fully saturated rings. The zero-order chi connectivity index (χ0) is 14.1. The summed E-state index contributed by atoms with van der Waals surface area (Å²) in [5, 5.41) is 5.82. The molecule has 4 N–H and O–H groups in total. The third-order valence-electron chi connectivity index (χ3n) is 2.72. The van der Waals surface area contributed by atoms with Gasteiger partial charge in [0, 0.05) is 11.8 Å². The third kappa shape index (κ3) is 7.55. The molecule has 0 rings (SSSR count). The summed E-state index contributed by atoms with van der Waals surface area (Å²) >= 11 is 1.76. The van der Waals surface area contributed by atoms with Crippen LogP contribution in [0.3, 0.4) is 0 Å². The van der Waals surface area contributed by atoms with Crippen molar-refractivity contribution in [2.45, 2.75) is 38.5 Å². The fourth-order valence-electron chi connectivity index (χ4n) is 1.18. The SMILES string of the molecule is CSC(C)CCNC(=O)CNC(=O)[C@@H](N)C(C)C. The van der Waals surface area contributed by atoms with E-state index in [2.05, 4.69) is 17.6 Å². The second-order valence-electron chi connectivity index (χ2n) is 4.67. The molecule has 0 aliphatic rings. The molecule has 0 aliphatic carbocycles. The molecule has 2 atom stereocenters. The summed E-state index contributed by atoms with van der Waals surface area (Å²) in [4.78, 5) is 22.9. The van der Waals surface area contributed by atoms with E-state index in [4.69, 9.17) is 5.73 Å². The van der Waals surface area contributed by atoms with Gasteiger partial charge in [-0.05, 0) is 18.6 Å². The van der Waals surface area contributed by atoms with Crippen molar-refractivity contribution >= 4 is 23.6 Å². The summed E-state index contributed by atoms with van der Waals surface area (Å²) < 4.78 is 0. The fourth-order valence-corrected chi connectivity index (χ4v) is 1.54. The van der Waals surface area contributed by atoms with Crippen molar-refractivity contribution in [1.82, 2.24) is 10.6 Å². The van der Waals surface area contributed by atoms with Gasteiger partial charge in [-0.2, -0.15) is 11.8 Å². The first-order chi connectivity index (χ1) is 8.38. The maximum absolute atomic E-state index is 11.5.